The fraction of sp³-hybridized carbons (Fsp3) is 0.364. The fourth-order valence-corrected chi connectivity index (χ4v) is 1.21. The van der Waals surface area contributed by atoms with Gasteiger partial charge in [0.2, 0.25) is 0 Å². The zero-order chi connectivity index (χ0) is 12.1. The van der Waals surface area contributed by atoms with Gasteiger partial charge in [-0.05, 0) is 18.2 Å². The number of nitrogens with one attached hydrogen (secondary N) is 1. The van der Waals surface area contributed by atoms with Crippen molar-refractivity contribution >= 4 is 17.3 Å². The molecule has 88 valence electrons. The summed E-state index contributed by atoms with van der Waals surface area (Å²) in [6.45, 7) is 0.214. The summed E-state index contributed by atoms with van der Waals surface area (Å²) in [5.41, 5.74) is 7.30. The van der Waals surface area contributed by atoms with Crippen molar-refractivity contribution in [2.75, 3.05) is 30.9 Å². The molecule has 0 saturated carbocycles. The van der Waals surface area contributed by atoms with E-state index in [0.29, 0.717) is 0 Å². The van der Waals surface area contributed by atoms with Crippen LogP contribution in [0.2, 0.25) is 0 Å². The van der Waals surface area contributed by atoms with Crippen molar-refractivity contribution in [2.45, 2.75) is 6.04 Å². The minimum Gasteiger partial charge on any atom is -0.480 e. The first-order valence-corrected chi connectivity index (χ1v) is 5.00. The van der Waals surface area contributed by atoms with Gasteiger partial charge in [0.1, 0.15) is 6.04 Å². The third-order valence-corrected chi connectivity index (χ3v) is 2.21. The summed E-state index contributed by atoms with van der Waals surface area (Å²) in [7, 11) is 3.89. The third kappa shape index (κ3) is 3.43. The molecule has 1 aromatic carbocycles. The molecule has 0 aliphatic rings. The molecule has 5 nitrogen and oxygen atoms in total. The van der Waals surface area contributed by atoms with E-state index >= 15 is 0 Å². The lowest BCUT2D eigenvalue weighted by atomic mass is 10.2. The van der Waals surface area contributed by atoms with Crippen molar-refractivity contribution in [1.29, 1.82) is 0 Å². The predicted octanol–water partition coefficient (Wildman–Crippen LogP) is 0.576. The Bertz CT molecular complexity index is 366. The monoisotopic (exact) mass is 223 g/mol. The lowest BCUT2D eigenvalue weighted by Gasteiger charge is -2.15. The van der Waals surface area contributed by atoms with Crippen molar-refractivity contribution in [1.82, 2.24) is 0 Å². The first kappa shape index (κ1) is 12.3. The molecule has 0 bridgehead atoms. The van der Waals surface area contributed by atoms with Gasteiger partial charge >= 0.3 is 5.97 Å². The molecule has 0 aliphatic heterocycles. The predicted molar refractivity (Wildman–Crippen MR) is 64.9 cm³/mol. The molecule has 5 heteroatoms. The maximum atomic E-state index is 10.5. The SMILES string of the molecule is CN(C)c1cccc(NCC(N)C(=O)O)c1. The Kier molecular flexibility index (Phi) is 4.13. The van der Waals surface area contributed by atoms with Gasteiger partial charge in [-0.1, -0.05) is 6.07 Å². The second kappa shape index (κ2) is 5.37. The van der Waals surface area contributed by atoms with Crippen LogP contribution in [-0.2, 0) is 4.79 Å². The number of carboxylic acids is 1. The van der Waals surface area contributed by atoms with Crippen LogP contribution in [0.1, 0.15) is 0 Å². The van der Waals surface area contributed by atoms with Crippen LogP contribution >= 0.6 is 0 Å². The number of benzene rings is 1. The van der Waals surface area contributed by atoms with Gasteiger partial charge in [0.05, 0.1) is 0 Å². The Morgan fingerprint density at radius 2 is 2.25 bits per heavy atom. The van der Waals surface area contributed by atoms with Crippen molar-refractivity contribution in [2.24, 2.45) is 5.73 Å². The van der Waals surface area contributed by atoms with Gasteiger partial charge in [-0.2, -0.15) is 0 Å². The average Bonchev–Trinajstić information content (AvgIpc) is 2.26. The molecule has 0 aliphatic carbocycles. The molecule has 0 fully saturated rings. The van der Waals surface area contributed by atoms with Crippen LogP contribution in [0.5, 0.6) is 0 Å². The van der Waals surface area contributed by atoms with E-state index in [2.05, 4.69) is 5.32 Å². The zero-order valence-electron chi connectivity index (χ0n) is 9.47. The van der Waals surface area contributed by atoms with Crippen molar-refractivity contribution in [3.63, 3.8) is 0 Å². The molecule has 0 heterocycles. The molecular weight excluding hydrogens is 206 g/mol. The maximum Gasteiger partial charge on any atom is 0.322 e. The smallest absolute Gasteiger partial charge is 0.322 e. The summed E-state index contributed by atoms with van der Waals surface area (Å²) >= 11 is 0. The molecule has 4 N–H and O–H groups in total. The topological polar surface area (TPSA) is 78.6 Å². The van der Waals surface area contributed by atoms with Crippen molar-refractivity contribution in [3.8, 4) is 0 Å². The number of nitrogens with zero attached hydrogens (tertiary/aromatic N) is 1. The Morgan fingerprint density at radius 1 is 1.56 bits per heavy atom. The summed E-state index contributed by atoms with van der Waals surface area (Å²) in [4.78, 5) is 12.5. The second-order valence-corrected chi connectivity index (χ2v) is 3.77. The quantitative estimate of drug-likeness (QED) is 0.680. The lowest BCUT2D eigenvalue weighted by molar-refractivity contribution is -0.138. The van der Waals surface area contributed by atoms with Crippen LogP contribution in [0.25, 0.3) is 0 Å². The van der Waals surface area contributed by atoms with Crippen molar-refractivity contribution in [3.05, 3.63) is 24.3 Å². The largest absolute Gasteiger partial charge is 0.480 e. The molecular formula is C11H17N3O2. The molecule has 0 aromatic heterocycles. The highest BCUT2D eigenvalue weighted by Gasteiger charge is 2.10. The summed E-state index contributed by atoms with van der Waals surface area (Å²) in [5, 5.41) is 11.6. The number of anilines is 2. The van der Waals surface area contributed by atoms with Crippen LogP contribution in [0, 0.1) is 0 Å². The van der Waals surface area contributed by atoms with E-state index in [1.54, 1.807) is 0 Å². The van der Waals surface area contributed by atoms with E-state index < -0.39 is 12.0 Å². The molecule has 1 unspecified atom stereocenters. The zero-order valence-corrected chi connectivity index (χ0v) is 9.47. The summed E-state index contributed by atoms with van der Waals surface area (Å²) in [6, 6.07) is 6.81. The minimum absolute atomic E-state index is 0.214. The van der Waals surface area contributed by atoms with Gasteiger partial charge in [-0.25, -0.2) is 0 Å². The Labute approximate surface area is 94.9 Å². The summed E-state index contributed by atoms with van der Waals surface area (Å²) in [6.07, 6.45) is 0. The van der Waals surface area contributed by atoms with E-state index in [1.807, 2.05) is 43.3 Å². The van der Waals surface area contributed by atoms with Gasteiger partial charge in [-0.3, -0.25) is 4.79 Å². The van der Waals surface area contributed by atoms with Crippen LogP contribution in [-0.4, -0.2) is 37.8 Å². The standard InChI is InChI=1S/C11H17N3O2/c1-14(2)9-5-3-4-8(6-9)13-7-10(12)11(15)16/h3-6,10,13H,7,12H2,1-2H3,(H,15,16). The molecule has 0 radical (unpaired) electrons. The molecule has 0 spiro atoms. The van der Waals surface area contributed by atoms with Crippen LogP contribution in [0.15, 0.2) is 24.3 Å². The highest BCUT2D eigenvalue weighted by molar-refractivity contribution is 5.74. The first-order chi connectivity index (χ1) is 7.50. The normalized spacial score (nSPS) is 11.9. The van der Waals surface area contributed by atoms with E-state index in [0.717, 1.165) is 11.4 Å². The van der Waals surface area contributed by atoms with E-state index in [9.17, 15) is 4.79 Å². The highest BCUT2D eigenvalue weighted by Crippen LogP contribution is 2.16. The van der Waals surface area contributed by atoms with E-state index in [-0.39, 0.29) is 6.54 Å². The number of carbonyl (C=O) groups is 1. The summed E-state index contributed by atoms with van der Waals surface area (Å²) < 4.78 is 0. The molecule has 0 saturated heterocycles. The van der Waals surface area contributed by atoms with E-state index in [4.69, 9.17) is 10.8 Å². The number of hydrogen-bond acceptors (Lipinski definition) is 4. The maximum absolute atomic E-state index is 10.5. The number of hydrogen-bond donors (Lipinski definition) is 3. The highest BCUT2D eigenvalue weighted by atomic mass is 16.4. The van der Waals surface area contributed by atoms with Gasteiger partial charge in [0.25, 0.3) is 0 Å². The number of carboxylic acid groups (broad SMARTS) is 1. The average molecular weight is 223 g/mol. The molecule has 1 rings (SSSR count). The third-order valence-electron chi connectivity index (χ3n) is 2.21. The van der Waals surface area contributed by atoms with Gasteiger partial charge in [0, 0.05) is 32.0 Å². The molecule has 0 amide bonds. The van der Waals surface area contributed by atoms with Gasteiger partial charge in [-0.15, -0.1) is 0 Å². The fourth-order valence-electron chi connectivity index (χ4n) is 1.21. The first-order valence-electron chi connectivity index (χ1n) is 5.00. The van der Waals surface area contributed by atoms with Crippen molar-refractivity contribution < 1.29 is 9.90 Å². The minimum atomic E-state index is -1.00. The lowest BCUT2D eigenvalue weighted by Crippen LogP contribution is -2.36. The van der Waals surface area contributed by atoms with Crippen LogP contribution < -0.4 is 16.0 Å². The number of aliphatic carboxylic acids is 1. The van der Waals surface area contributed by atoms with E-state index in [1.165, 1.54) is 0 Å². The molecule has 1 aromatic rings. The molecule has 1 atom stereocenters. The number of rotatable bonds is 5. The van der Waals surface area contributed by atoms with Crippen LogP contribution in [0.3, 0.4) is 0 Å². The number of nitrogens with two attached hydrogens (primary N) is 1. The second-order valence-electron chi connectivity index (χ2n) is 3.77. The Balaban J connectivity index is 2.60. The van der Waals surface area contributed by atoms with Gasteiger partial charge < -0.3 is 21.1 Å². The molecule has 16 heavy (non-hydrogen) atoms. The Morgan fingerprint density at radius 3 is 2.81 bits per heavy atom. The van der Waals surface area contributed by atoms with Crippen LogP contribution in [0.4, 0.5) is 11.4 Å². The van der Waals surface area contributed by atoms with Gasteiger partial charge in [0.15, 0.2) is 0 Å². The Hall–Kier alpha value is -1.75. The summed E-state index contributed by atoms with van der Waals surface area (Å²) in [5.74, 6) is -1.00.